The number of carboxylic acids is 1. The van der Waals surface area contributed by atoms with Crippen molar-refractivity contribution in [3.8, 4) is 0 Å². The van der Waals surface area contributed by atoms with Gasteiger partial charge in [0.1, 0.15) is 6.04 Å². The van der Waals surface area contributed by atoms with E-state index in [0.29, 0.717) is 33.6 Å². The van der Waals surface area contributed by atoms with Crippen molar-refractivity contribution in [2.75, 3.05) is 6.54 Å². The standard InChI is InChI=1S/C13H14Cl3NO2/c14-9-4-5-10(15)12(16)8(9)7-17-6-2-1-3-11(17)13(18)19/h4-5,11H,1-3,6-7H2,(H,18,19). The summed E-state index contributed by atoms with van der Waals surface area (Å²) in [6.45, 7) is 1.14. The van der Waals surface area contributed by atoms with Gasteiger partial charge in [-0.3, -0.25) is 9.69 Å². The minimum Gasteiger partial charge on any atom is -0.480 e. The Morgan fingerprint density at radius 1 is 1.26 bits per heavy atom. The first-order chi connectivity index (χ1) is 9.00. The molecule has 104 valence electrons. The zero-order chi connectivity index (χ0) is 14.0. The van der Waals surface area contributed by atoms with Gasteiger partial charge in [0.05, 0.1) is 10.0 Å². The minimum absolute atomic E-state index is 0.406. The van der Waals surface area contributed by atoms with Crippen LogP contribution in [0, 0.1) is 0 Å². The van der Waals surface area contributed by atoms with E-state index in [4.69, 9.17) is 34.8 Å². The number of benzene rings is 1. The number of carbonyl (C=O) groups is 1. The van der Waals surface area contributed by atoms with Crippen LogP contribution in [0.3, 0.4) is 0 Å². The molecule has 1 saturated heterocycles. The molecule has 1 atom stereocenters. The molecule has 3 nitrogen and oxygen atoms in total. The number of nitrogens with zero attached hydrogens (tertiary/aromatic N) is 1. The quantitative estimate of drug-likeness (QED) is 0.852. The van der Waals surface area contributed by atoms with Gasteiger partial charge in [0.2, 0.25) is 0 Å². The highest BCUT2D eigenvalue weighted by Crippen LogP contribution is 2.33. The van der Waals surface area contributed by atoms with E-state index in [0.717, 1.165) is 19.4 Å². The van der Waals surface area contributed by atoms with E-state index in [-0.39, 0.29) is 0 Å². The van der Waals surface area contributed by atoms with Crippen LogP contribution < -0.4 is 0 Å². The molecule has 2 rings (SSSR count). The summed E-state index contributed by atoms with van der Waals surface area (Å²) < 4.78 is 0. The molecule has 0 radical (unpaired) electrons. The van der Waals surface area contributed by atoms with Gasteiger partial charge in [-0.15, -0.1) is 0 Å². The Bertz CT molecular complexity index is 493. The lowest BCUT2D eigenvalue weighted by molar-refractivity contribution is -0.144. The smallest absolute Gasteiger partial charge is 0.320 e. The SMILES string of the molecule is O=C(O)C1CCCCN1Cc1c(Cl)ccc(Cl)c1Cl. The lowest BCUT2D eigenvalue weighted by atomic mass is 10.0. The van der Waals surface area contributed by atoms with Crippen LogP contribution in [0.4, 0.5) is 0 Å². The number of hydrogen-bond acceptors (Lipinski definition) is 2. The van der Waals surface area contributed by atoms with Crippen LogP contribution in [0.15, 0.2) is 12.1 Å². The molecule has 0 spiro atoms. The van der Waals surface area contributed by atoms with Crippen molar-refractivity contribution in [1.29, 1.82) is 0 Å². The molecule has 1 aromatic rings. The van der Waals surface area contributed by atoms with E-state index >= 15 is 0 Å². The minimum atomic E-state index is -0.797. The van der Waals surface area contributed by atoms with Crippen molar-refractivity contribution in [3.63, 3.8) is 0 Å². The summed E-state index contributed by atoms with van der Waals surface area (Å²) in [5.41, 5.74) is 0.698. The zero-order valence-corrected chi connectivity index (χ0v) is 12.5. The Morgan fingerprint density at radius 3 is 2.63 bits per heavy atom. The van der Waals surface area contributed by atoms with Crippen molar-refractivity contribution in [3.05, 3.63) is 32.8 Å². The largest absolute Gasteiger partial charge is 0.480 e. The number of likely N-dealkylation sites (tertiary alicyclic amines) is 1. The Hall–Kier alpha value is -0.480. The van der Waals surface area contributed by atoms with Crippen LogP contribution in [0.25, 0.3) is 0 Å². The summed E-state index contributed by atoms with van der Waals surface area (Å²) in [6.07, 6.45) is 2.58. The van der Waals surface area contributed by atoms with Crippen LogP contribution >= 0.6 is 34.8 Å². The lowest BCUT2D eigenvalue weighted by Gasteiger charge is -2.33. The van der Waals surface area contributed by atoms with Gasteiger partial charge in [-0.25, -0.2) is 0 Å². The highest BCUT2D eigenvalue weighted by atomic mass is 35.5. The van der Waals surface area contributed by atoms with Gasteiger partial charge in [-0.1, -0.05) is 41.2 Å². The Labute approximate surface area is 127 Å². The second-order valence-electron chi connectivity index (χ2n) is 4.64. The van der Waals surface area contributed by atoms with Crippen molar-refractivity contribution in [2.45, 2.75) is 31.8 Å². The molecule has 1 aromatic carbocycles. The number of rotatable bonds is 3. The maximum Gasteiger partial charge on any atom is 0.320 e. The maximum atomic E-state index is 11.3. The Kier molecular flexibility index (Phi) is 4.96. The molecule has 0 aliphatic carbocycles. The molecule has 1 unspecified atom stereocenters. The molecule has 1 N–H and O–H groups in total. The van der Waals surface area contributed by atoms with Crippen LogP contribution in [0.5, 0.6) is 0 Å². The summed E-state index contributed by atoms with van der Waals surface area (Å²) in [5.74, 6) is -0.797. The second-order valence-corrected chi connectivity index (χ2v) is 5.83. The highest BCUT2D eigenvalue weighted by Gasteiger charge is 2.29. The predicted octanol–water partition coefficient (Wildman–Crippen LogP) is 4.09. The van der Waals surface area contributed by atoms with Gasteiger partial charge in [-0.2, -0.15) is 0 Å². The summed E-state index contributed by atoms with van der Waals surface area (Å²) in [4.78, 5) is 13.2. The fourth-order valence-electron chi connectivity index (χ4n) is 2.38. The Morgan fingerprint density at radius 2 is 1.95 bits per heavy atom. The lowest BCUT2D eigenvalue weighted by Crippen LogP contribution is -2.44. The van der Waals surface area contributed by atoms with Gasteiger partial charge >= 0.3 is 5.97 Å². The number of halogens is 3. The third-order valence-electron chi connectivity index (χ3n) is 3.40. The zero-order valence-electron chi connectivity index (χ0n) is 10.2. The van der Waals surface area contributed by atoms with Crippen LogP contribution in [-0.4, -0.2) is 28.6 Å². The molecule has 0 aromatic heterocycles. The average Bonchev–Trinajstić information content (AvgIpc) is 2.39. The van der Waals surface area contributed by atoms with E-state index in [1.54, 1.807) is 12.1 Å². The molecule has 0 bridgehead atoms. The maximum absolute atomic E-state index is 11.3. The van der Waals surface area contributed by atoms with Crippen LogP contribution in [0.2, 0.25) is 15.1 Å². The molecular formula is C13H14Cl3NO2. The number of piperidine rings is 1. The summed E-state index contributed by atoms with van der Waals surface area (Å²) in [7, 11) is 0. The second kappa shape index (κ2) is 6.31. The van der Waals surface area contributed by atoms with Gasteiger partial charge in [-0.05, 0) is 31.5 Å². The van der Waals surface area contributed by atoms with E-state index in [9.17, 15) is 9.90 Å². The fraction of sp³-hybridized carbons (Fsp3) is 0.462. The summed E-state index contributed by atoms with van der Waals surface area (Å²) in [6, 6.07) is 2.85. The number of aliphatic carboxylic acids is 1. The molecular weight excluding hydrogens is 309 g/mol. The van der Waals surface area contributed by atoms with Crippen LogP contribution in [-0.2, 0) is 11.3 Å². The molecule has 1 fully saturated rings. The first-order valence-electron chi connectivity index (χ1n) is 6.10. The van der Waals surface area contributed by atoms with Crippen LogP contribution in [0.1, 0.15) is 24.8 Å². The molecule has 1 heterocycles. The third-order valence-corrected chi connectivity index (χ3v) is 4.60. The summed E-state index contributed by atoms with van der Waals surface area (Å²) >= 11 is 18.3. The van der Waals surface area contributed by atoms with Gasteiger partial charge < -0.3 is 5.11 Å². The van der Waals surface area contributed by atoms with Crippen molar-refractivity contribution in [1.82, 2.24) is 4.90 Å². The first kappa shape index (κ1) is 14.9. The van der Waals surface area contributed by atoms with E-state index in [1.165, 1.54) is 0 Å². The average molecular weight is 323 g/mol. The molecule has 19 heavy (non-hydrogen) atoms. The van der Waals surface area contributed by atoms with E-state index in [2.05, 4.69) is 0 Å². The van der Waals surface area contributed by atoms with E-state index < -0.39 is 12.0 Å². The van der Waals surface area contributed by atoms with Crippen molar-refractivity contribution < 1.29 is 9.90 Å². The highest BCUT2D eigenvalue weighted by molar-refractivity contribution is 6.44. The molecule has 6 heteroatoms. The fourth-order valence-corrected chi connectivity index (χ4v) is 3.04. The first-order valence-corrected chi connectivity index (χ1v) is 7.23. The normalized spacial score (nSPS) is 20.5. The van der Waals surface area contributed by atoms with Crippen molar-refractivity contribution >= 4 is 40.8 Å². The van der Waals surface area contributed by atoms with Gasteiger partial charge in [0.15, 0.2) is 0 Å². The van der Waals surface area contributed by atoms with Gasteiger partial charge in [0, 0.05) is 17.1 Å². The molecule has 1 aliphatic rings. The number of carboxylic acid groups (broad SMARTS) is 1. The predicted molar refractivity (Wildman–Crippen MR) is 77.2 cm³/mol. The Balaban J connectivity index is 2.24. The van der Waals surface area contributed by atoms with Crippen molar-refractivity contribution in [2.24, 2.45) is 0 Å². The molecule has 1 aliphatic heterocycles. The topological polar surface area (TPSA) is 40.5 Å². The molecule has 0 saturated carbocycles. The third kappa shape index (κ3) is 3.34. The monoisotopic (exact) mass is 321 g/mol. The van der Waals surface area contributed by atoms with E-state index in [1.807, 2.05) is 4.90 Å². The summed E-state index contributed by atoms with van der Waals surface area (Å²) in [5, 5.41) is 10.6. The number of hydrogen-bond donors (Lipinski definition) is 1. The van der Waals surface area contributed by atoms with Gasteiger partial charge in [0.25, 0.3) is 0 Å². The molecule has 0 amide bonds.